The van der Waals surface area contributed by atoms with Gasteiger partial charge in [-0.05, 0) is 24.3 Å². The van der Waals surface area contributed by atoms with Crippen LogP contribution >= 0.6 is 22.9 Å². The maximum absolute atomic E-state index is 6.04. The highest BCUT2D eigenvalue weighted by molar-refractivity contribution is 7.16. The monoisotopic (exact) mass is 445 g/mol. The molecule has 0 bridgehead atoms. The zero-order valence-corrected chi connectivity index (χ0v) is 18.3. The summed E-state index contributed by atoms with van der Waals surface area (Å²) in [6.45, 7) is 5.44. The Balaban J connectivity index is 1.36. The molecular weight excluding hydrogens is 422 g/mol. The second kappa shape index (κ2) is 9.57. The lowest BCUT2D eigenvalue weighted by Crippen LogP contribution is -2.45. The van der Waals surface area contributed by atoms with Crippen LogP contribution < -0.4 is 15.8 Å². The van der Waals surface area contributed by atoms with E-state index in [1.54, 1.807) is 18.4 Å². The van der Waals surface area contributed by atoms with E-state index in [9.17, 15) is 0 Å². The predicted octanol–water partition coefficient (Wildman–Crippen LogP) is 3.24. The van der Waals surface area contributed by atoms with Crippen molar-refractivity contribution in [3.05, 3.63) is 51.4 Å². The number of nitrogens with two attached hydrogens (primary N) is 1. The van der Waals surface area contributed by atoms with Gasteiger partial charge < -0.3 is 15.8 Å². The highest BCUT2D eigenvalue weighted by Gasteiger charge is 2.19. The number of nitrogens with zero attached hydrogens (tertiary/aromatic N) is 5. The van der Waals surface area contributed by atoms with Crippen molar-refractivity contribution in [2.24, 2.45) is 0 Å². The number of aromatic nitrogens is 3. The summed E-state index contributed by atoms with van der Waals surface area (Å²) in [7, 11) is 1.63. The van der Waals surface area contributed by atoms with E-state index in [1.807, 2.05) is 30.3 Å². The van der Waals surface area contributed by atoms with Gasteiger partial charge in [0.05, 0.1) is 23.7 Å². The van der Waals surface area contributed by atoms with Crippen LogP contribution in [-0.2, 0) is 13.1 Å². The predicted molar refractivity (Wildman–Crippen MR) is 120 cm³/mol. The Kier molecular flexibility index (Phi) is 6.63. The van der Waals surface area contributed by atoms with Gasteiger partial charge in [-0.15, -0.1) is 11.3 Å². The molecule has 158 valence electrons. The van der Waals surface area contributed by atoms with Crippen LogP contribution in [0.4, 0.5) is 17.6 Å². The number of benzene rings is 1. The summed E-state index contributed by atoms with van der Waals surface area (Å²) in [5, 5.41) is 3.17. The number of methoxy groups -OCH3 is 1. The number of ether oxygens (including phenoxy) is 1. The Morgan fingerprint density at radius 1 is 1.03 bits per heavy atom. The van der Waals surface area contributed by atoms with Crippen LogP contribution in [0.25, 0.3) is 0 Å². The molecule has 3 N–H and O–H groups in total. The number of nitrogen functional groups attached to an aromatic ring is 1. The summed E-state index contributed by atoms with van der Waals surface area (Å²) >= 11 is 7.68. The molecule has 0 spiro atoms. The van der Waals surface area contributed by atoms with Crippen LogP contribution in [0.1, 0.15) is 10.7 Å². The number of hydrogen-bond donors (Lipinski definition) is 2. The minimum Gasteiger partial charge on any atom is -0.495 e. The number of nitrogens with one attached hydrogen (secondary N) is 1. The summed E-state index contributed by atoms with van der Waals surface area (Å²) in [4.78, 5) is 19.1. The van der Waals surface area contributed by atoms with Crippen molar-refractivity contribution in [2.45, 2.75) is 13.1 Å². The fraction of sp³-hybridized carbons (Fsp3) is 0.350. The number of thiophene rings is 1. The van der Waals surface area contributed by atoms with Gasteiger partial charge in [0.1, 0.15) is 11.6 Å². The Morgan fingerprint density at radius 2 is 1.77 bits per heavy atom. The smallest absolute Gasteiger partial charge is 0.232 e. The molecule has 1 aliphatic heterocycles. The van der Waals surface area contributed by atoms with Crippen molar-refractivity contribution in [3.8, 4) is 5.75 Å². The molecule has 0 radical (unpaired) electrons. The molecule has 1 saturated heterocycles. The highest BCUT2D eigenvalue weighted by Crippen LogP contribution is 2.26. The number of piperazine rings is 1. The number of para-hydroxylation sites is 2. The molecular formula is C20H24ClN7OS. The van der Waals surface area contributed by atoms with Gasteiger partial charge in [-0.1, -0.05) is 23.7 Å². The number of halogens is 1. The van der Waals surface area contributed by atoms with E-state index >= 15 is 0 Å². The van der Waals surface area contributed by atoms with E-state index in [2.05, 4.69) is 36.1 Å². The van der Waals surface area contributed by atoms with Crippen molar-refractivity contribution >= 4 is 40.5 Å². The van der Waals surface area contributed by atoms with Crippen molar-refractivity contribution in [1.29, 1.82) is 0 Å². The van der Waals surface area contributed by atoms with Gasteiger partial charge in [-0.3, -0.25) is 9.80 Å². The van der Waals surface area contributed by atoms with Crippen LogP contribution in [0, 0.1) is 0 Å². The Hall–Kier alpha value is -2.46. The Bertz CT molecular complexity index is 991. The second-order valence-electron chi connectivity index (χ2n) is 7.02. The van der Waals surface area contributed by atoms with Crippen LogP contribution in [-0.4, -0.2) is 58.0 Å². The van der Waals surface area contributed by atoms with Gasteiger partial charge in [0.15, 0.2) is 0 Å². The van der Waals surface area contributed by atoms with Crippen LogP contribution in [0.5, 0.6) is 5.75 Å². The summed E-state index contributed by atoms with van der Waals surface area (Å²) in [6, 6.07) is 11.7. The molecule has 0 atom stereocenters. The third kappa shape index (κ3) is 5.37. The van der Waals surface area contributed by atoms with Gasteiger partial charge in [-0.2, -0.15) is 15.0 Å². The van der Waals surface area contributed by atoms with Gasteiger partial charge in [0.25, 0.3) is 0 Å². The summed E-state index contributed by atoms with van der Waals surface area (Å²) in [5.74, 6) is 1.97. The third-order valence-corrected chi connectivity index (χ3v) is 6.11. The average molecular weight is 446 g/mol. The molecule has 30 heavy (non-hydrogen) atoms. The normalized spacial score (nSPS) is 15.3. The number of hydrogen-bond acceptors (Lipinski definition) is 9. The van der Waals surface area contributed by atoms with Gasteiger partial charge >= 0.3 is 0 Å². The highest BCUT2D eigenvalue weighted by atomic mass is 35.5. The first-order valence-corrected chi connectivity index (χ1v) is 10.9. The molecule has 1 aromatic carbocycles. The zero-order chi connectivity index (χ0) is 20.9. The van der Waals surface area contributed by atoms with Crippen molar-refractivity contribution < 1.29 is 4.74 Å². The van der Waals surface area contributed by atoms with Crippen LogP contribution in [0.15, 0.2) is 36.4 Å². The van der Waals surface area contributed by atoms with E-state index in [0.717, 1.165) is 42.7 Å². The second-order valence-corrected chi connectivity index (χ2v) is 8.82. The lowest BCUT2D eigenvalue weighted by molar-refractivity contribution is 0.120. The molecule has 3 heterocycles. The fourth-order valence-electron chi connectivity index (χ4n) is 3.40. The van der Waals surface area contributed by atoms with Crippen LogP contribution in [0.2, 0.25) is 4.34 Å². The standard InChI is InChI=1S/C20H24ClN7OS/c1-29-16-5-3-2-4-15(16)23-20-25-18(24-19(22)26-20)13-28-10-8-27(9-11-28)12-14-6-7-17(21)30-14/h2-7H,8-13H2,1H3,(H3,22,23,24,25,26). The Morgan fingerprint density at radius 3 is 2.47 bits per heavy atom. The summed E-state index contributed by atoms with van der Waals surface area (Å²) < 4.78 is 6.21. The lowest BCUT2D eigenvalue weighted by atomic mass is 10.3. The average Bonchev–Trinajstić information content (AvgIpc) is 3.14. The van der Waals surface area contributed by atoms with Gasteiger partial charge in [0.2, 0.25) is 11.9 Å². The number of rotatable bonds is 7. The molecule has 0 amide bonds. The first kappa shape index (κ1) is 20.8. The lowest BCUT2D eigenvalue weighted by Gasteiger charge is -2.34. The summed E-state index contributed by atoms with van der Waals surface area (Å²) in [5.41, 5.74) is 6.71. The van der Waals surface area contributed by atoms with E-state index in [-0.39, 0.29) is 5.95 Å². The maximum Gasteiger partial charge on any atom is 0.232 e. The molecule has 2 aromatic heterocycles. The largest absolute Gasteiger partial charge is 0.495 e. The van der Waals surface area contributed by atoms with Gasteiger partial charge in [0, 0.05) is 37.6 Å². The molecule has 3 aromatic rings. The number of anilines is 3. The van der Waals surface area contributed by atoms with E-state index < -0.39 is 0 Å². The maximum atomic E-state index is 6.04. The minimum absolute atomic E-state index is 0.200. The van der Waals surface area contributed by atoms with Crippen molar-refractivity contribution in [1.82, 2.24) is 24.8 Å². The van der Waals surface area contributed by atoms with E-state index in [0.29, 0.717) is 24.1 Å². The molecule has 8 nitrogen and oxygen atoms in total. The fourth-order valence-corrected chi connectivity index (χ4v) is 4.53. The van der Waals surface area contributed by atoms with Gasteiger partial charge in [-0.25, -0.2) is 0 Å². The molecule has 0 saturated carbocycles. The van der Waals surface area contributed by atoms with E-state index in [4.69, 9.17) is 22.1 Å². The SMILES string of the molecule is COc1ccccc1Nc1nc(N)nc(CN2CCN(Cc3ccc(Cl)s3)CC2)n1. The van der Waals surface area contributed by atoms with E-state index in [1.165, 1.54) is 4.88 Å². The topological polar surface area (TPSA) is 92.4 Å². The molecule has 0 aliphatic carbocycles. The summed E-state index contributed by atoms with van der Waals surface area (Å²) in [6.07, 6.45) is 0. The molecule has 1 fully saturated rings. The van der Waals surface area contributed by atoms with Crippen molar-refractivity contribution in [2.75, 3.05) is 44.3 Å². The first-order chi connectivity index (χ1) is 14.6. The van der Waals surface area contributed by atoms with Crippen LogP contribution in [0.3, 0.4) is 0 Å². The molecule has 4 rings (SSSR count). The zero-order valence-electron chi connectivity index (χ0n) is 16.7. The molecule has 0 unspecified atom stereocenters. The first-order valence-electron chi connectivity index (χ1n) is 9.68. The molecule has 1 aliphatic rings. The quantitative estimate of drug-likeness (QED) is 0.572. The molecule has 10 heteroatoms. The Labute approximate surface area is 184 Å². The minimum atomic E-state index is 0.200. The third-order valence-electron chi connectivity index (χ3n) is 4.89. The van der Waals surface area contributed by atoms with Crippen molar-refractivity contribution in [3.63, 3.8) is 0 Å².